The molecule has 0 N–H and O–H groups in total. The summed E-state index contributed by atoms with van der Waals surface area (Å²) in [7, 11) is 3.65. The fourth-order valence-corrected chi connectivity index (χ4v) is 0. The van der Waals surface area contributed by atoms with E-state index in [0.717, 1.165) is 0 Å². The van der Waals surface area contributed by atoms with Crippen LogP contribution in [0.2, 0.25) is 0 Å². The minimum atomic E-state index is 0. The summed E-state index contributed by atoms with van der Waals surface area (Å²) in [5.74, 6) is 0. The van der Waals surface area contributed by atoms with E-state index in [1.54, 1.807) is 0 Å². The molecule has 0 bridgehead atoms. The summed E-state index contributed by atoms with van der Waals surface area (Å²) in [5.41, 5.74) is 0. The quantitative estimate of drug-likeness (QED) is 0.456. The Morgan fingerprint density at radius 3 is 1.25 bits per heavy atom. The first-order chi connectivity index (χ1) is 1.00. The molecule has 0 saturated heterocycles. The SMILES string of the molecule is [AlH3].[InH3].[S]=[Cu]. The van der Waals surface area contributed by atoms with Gasteiger partial charge in [0.25, 0.3) is 0 Å². The molecule has 0 rings (SSSR count). The van der Waals surface area contributed by atoms with Crippen LogP contribution >= 0.6 is 10.6 Å². The van der Waals surface area contributed by atoms with Gasteiger partial charge in [-0.2, -0.15) is 0 Å². The van der Waals surface area contributed by atoms with Gasteiger partial charge in [-0.1, -0.05) is 0 Å². The van der Waals surface area contributed by atoms with Crippen molar-refractivity contribution in [1.82, 2.24) is 0 Å². The molecular weight excluding hydrogens is 237 g/mol. The van der Waals surface area contributed by atoms with E-state index in [1.165, 1.54) is 0 Å². The third-order valence-electron chi connectivity index (χ3n) is 0. The summed E-state index contributed by atoms with van der Waals surface area (Å²) in [6.45, 7) is 0. The molecule has 0 aliphatic rings. The monoisotopic (exact) mass is 243 g/mol. The Hall–Kier alpha value is 2.14. The molecule has 0 radical (unpaired) electrons. The summed E-state index contributed by atoms with van der Waals surface area (Å²) in [6.07, 6.45) is 0. The van der Waals surface area contributed by atoms with E-state index in [1.807, 2.05) is 0 Å². The Kier molecular flexibility index (Phi) is 79.1. The second-order valence-corrected chi connectivity index (χ2v) is 0. The van der Waals surface area contributed by atoms with Crippen molar-refractivity contribution in [2.24, 2.45) is 0 Å². The maximum atomic E-state index is 3.77. The summed E-state index contributed by atoms with van der Waals surface area (Å²) in [4.78, 5) is 0. The molecule has 0 aliphatic heterocycles. The van der Waals surface area contributed by atoms with Crippen molar-refractivity contribution in [3.8, 4) is 0 Å². The van der Waals surface area contributed by atoms with Crippen molar-refractivity contribution in [1.29, 1.82) is 0 Å². The van der Waals surface area contributed by atoms with Crippen LogP contribution in [0.25, 0.3) is 0 Å². The fourth-order valence-electron chi connectivity index (χ4n) is 0. The van der Waals surface area contributed by atoms with Gasteiger partial charge in [-0.25, -0.2) is 0 Å². The third-order valence-corrected chi connectivity index (χ3v) is 0. The average molecular weight is 243 g/mol. The van der Waals surface area contributed by atoms with Gasteiger partial charge in [-0.3, -0.25) is 0 Å². The van der Waals surface area contributed by atoms with Crippen LogP contribution in [0.3, 0.4) is 0 Å². The molecule has 4 heteroatoms. The first kappa shape index (κ1) is 16.4. The first-order valence-corrected chi connectivity index (χ1v) is 1.52. The Bertz CT molecular complexity index is 8.00. The topological polar surface area (TPSA) is 0 Å². The van der Waals surface area contributed by atoms with Gasteiger partial charge >= 0.3 is 50.8 Å². The molecule has 0 spiro atoms. The zero-order valence-corrected chi connectivity index (χ0v) is 2.47. The number of hydrogen-bond donors (Lipinski definition) is 0. The number of hydrogen-bond acceptors (Lipinski definition) is 1. The van der Waals surface area contributed by atoms with Gasteiger partial charge in [0.15, 0.2) is 17.4 Å². The van der Waals surface area contributed by atoms with Crippen LogP contribution in [0.5, 0.6) is 0 Å². The summed E-state index contributed by atoms with van der Waals surface area (Å²) in [5, 5.41) is 0. The van der Waals surface area contributed by atoms with Gasteiger partial charge in [0.05, 0.1) is 0 Å². The normalized spacial score (nSPS) is 1.50. The molecule has 0 unspecified atom stereocenters. The van der Waals surface area contributed by atoms with Crippen molar-refractivity contribution in [3.05, 3.63) is 0 Å². The van der Waals surface area contributed by atoms with Crippen LogP contribution in [0.15, 0.2) is 0 Å². The predicted molar refractivity (Wildman–Crippen MR) is 27.5 cm³/mol. The van der Waals surface area contributed by atoms with Gasteiger partial charge in [0, 0.05) is 0 Å². The Morgan fingerprint density at radius 1 is 1.25 bits per heavy atom. The van der Waals surface area contributed by atoms with Crippen molar-refractivity contribution in [2.75, 3.05) is 0 Å². The Morgan fingerprint density at radius 2 is 1.25 bits per heavy atom. The van der Waals surface area contributed by atoms with E-state index in [-0.39, 0.29) is 43.2 Å². The predicted octanol–water partition coefficient (Wildman–Crippen LogP) is -1.72. The van der Waals surface area contributed by atoms with Gasteiger partial charge in [0.2, 0.25) is 0 Å². The van der Waals surface area contributed by atoms with E-state index >= 15 is 0 Å². The molecule has 0 saturated carbocycles. The van der Waals surface area contributed by atoms with Crippen LogP contribution in [0.1, 0.15) is 0 Å². The summed E-state index contributed by atoms with van der Waals surface area (Å²) >= 11 is 3.77. The summed E-state index contributed by atoms with van der Waals surface area (Å²) in [6, 6.07) is 0. The molecule has 0 aromatic rings. The molecule has 0 nitrogen and oxygen atoms in total. The van der Waals surface area contributed by atoms with Crippen molar-refractivity contribution >= 4 is 53.8 Å². The van der Waals surface area contributed by atoms with Crippen LogP contribution in [-0.2, 0) is 14.4 Å². The minimum absolute atomic E-state index is 0. The van der Waals surface area contributed by atoms with Gasteiger partial charge in [0.1, 0.15) is 0 Å². The average Bonchev–Trinajstić information content (AvgIpc) is 1.00. The van der Waals surface area contributed by atoms with E-state index in [9.17, 15) is 0 Å². The second-order valence-electron chi connectivity index (χ2n) is 0. The Balaban J connectivity index is -0.00000000500. The number of rotatable bonds is 0. The van der Waals surface area contributed by atoms with Crippen LogP contribution in [0, 0.1) is 0 Å². The molecule has 0 amide bonds. The molecule has 0 atom stereocenters. The van der Waals surface area contributed by atoms with Crippen molar-refractivity contribution < 1.29 is 14.4 Å². The van der Waals surface area contributed by atoms with Crippen molar-refractivity contribution in [2.45, 2.75) is 0 Å². The Labute approximate surface area is 67.3 Å². The van der Waals surface area contributed by atoms with Gasteiger partial charge < -0.3 is 0 Å². The fraction of sp³-hybridized carbons (Fsp3) is 0. The first-order valence-electron chi connectivity index (χ1n) is 0.123. The van der Waals surface area contributed by atoms with Crippen LogP contribution in [0.4, 0.5) is 0 Å². The molecule has 0 aromatic heterocycles. The zero-order chi connectivity index (χ0) is 2.00. The molecule has 4 heavy (non-hydrogen) atoms. The van der Waals surface area contributed by atoms with Crippen molar-refractivity contribution in [3.63, 3.8) is 0 Å². The summed E-state index contributed by atoms with van der Waals surface area (Å²) < 4.78 is 0. The molecule has 29 valence electrons. The van der Waals surface area contributed by atoms with Crippen LogP contribution < -0.4 is 0 Å². The molecule has 0 fully saturated rings. The van der Waals surface area contributed by atoms with E-state index in [0.29, 0.717) is 0 Å². The third kappa shape index (κ3) is 8.91. The van der Waals surface area contributed by atoms with E-state index in [4.69, 9.17) is 0 Å². The second kappa shape index (κ2) is 19.2. The molecule has 0 aliphatic carbocycles. The van der Waals surface area contributed by atoms with Gasteiger partial charge in [-0.05, 0) is 0 Å². The zero-order valence-electron chi connectivity index (χ0n) is 0.710. The maximum absolute atomic E-state index is 3.77. The molecule has 0 aromatic carbocycles. The van der Waals surface area contributed by atoms with Gasteiger partial charge in [-0.15, -0.1) is 0 Å². The van der Waals surface area contributed by atoms with E-state index in [2.05, 4.69) is 24.9 Å². The van der Waals surface area contributed by atoms with E-state index < -0.39 is 0 Å². The molecule has 0 heterocycles. The standard InChI is InChI=1S/Al.Cu.In.S.6H. The molecular formula is H6AlCuInS. The van der Waals surface area contributed by atoms with Crippen LogP contribution in [-0.4, -0.2) is 43.2 Å².